The average molecular weight is 347 g/mol. The second kappa shape index (κ2) is 6.88. The molecule has 6 heteroatoms. The fraction of sp³-hybridized carbons (Fsp3) is 0.0667. The average Bonchev–Trinajstić information content (AvgIpc) is 2.48. The van der Waals surface area contributed by atoms with E-state index in [-0.39, 0.29) is 17.9 Å². The van der Waals surface area contributed by atoms with Gasteiger partial charge < -0.3 is 15.5 Å². The summed E-state index contributed by atoms with van der Waals surface area (Å²) >= 11 is 3.24. The molecule has 2 rings (SSSR count). The minimum absolute atomic E-state index is 0.119. The molecule has 0 saturated carbocycles. The van der Waals surface area contributed by atoms with Crippen LogP contribution >= 0.6 is 15.9 Å². The molecule has 0 radical (unpaired) electrons. The number of aliphatic hydroxyl groups is 1. The number of aliphatic hydroxyl groups excluding tert-OH is 1. The summed E-state index contributed by atoms with van der Waals surface area (Å²) < 4.78 is 0.681. The Morgan fingerprint density at radius 2 is 2.14 bits per heavy atom. The Morgan fingerprint density at radius 3 is 2.90 bits per heavy atom. The van der Waals surface area contributed by atoms with Crippen LogP contribution in [0.4, 0.5) is 5.82 Å². The van der Waals surface area contributed by atoms with Gasteiger partial charge in [-0.3, -0.25) is 4.79 Å². The highest BCUT2D eigenvalue weighted by molar-refractivity contribution is 9.10. The molecule has 0 atom stereocenters. The number of carbonyl (C=O) groups is 1. The Bertz CT molecular complexity index is 735. The third-order valence-corrected chi connectivity index (χ3v) is 3.01. The van der Waals surface area contributed by atoms with Crippen molar-refractivity contribution < 1.29 is 15.0 Å². The number of aromatic hydroxyl groups is 1. The number of amides is 1. The van der Waals surface area contributed by atoms with Crippen LogP contribution in [0.1, 0.15) is 15.9 Å². The molecule has 0 bridgehead atoms. The van der Waals surface area contributed by atoms with Gasteiger partial charge in [0, 0.05) is 16.2 Å². The zero-order chi connectivity index (χ0) is 15.2. The van der Waals surface area contributed by atoms with Gasteiger partial charge in [0.25, 0.3) is 5.91 Å². The van der Waals surface area contributed by atoms with Crippen LogP contribution in [0.5, 0.6) is 5.75 Å². The largest absolute Gasteiger partial charge is 0.507 e. The molecule has 0 aliphatic rings. The molecular weight excluding hydrogens is 336 g/mol. The number of aromatic nitrogens is 1. The summed E-state index contributed by atoms with van der Waals surface area (Å²) in [7, 11) is 0. The summed E-state index contributed by atoms with van der Waals surface area (Å²) in [5.74, 6) is 4.94. The molecule has 106 valence electrons. The normalized spacial score (nSPS) is 9.62. The number of hydrogen-bond donors (Lipinski definition) is 3. The van der Waals surface area contributed by atoms with Gasteiger partial charge in [-0.2, -0.15) is 0 Å². The number of carbonyl (C=O) groups excluding carboxylic acids is 1. The fourth-order valence-corrected chi connectivity index (χ4v) is 1.95. The first kappa shape index (κ1) is 15.0. The second-order valence-electron chi connectivity index (χ2n) is 4.01. The van der Waals surface area contributed by atoms with Crippen molar-refractivity contribution in [1.82, 2.24) is 4.98 Å². The Hall–Kier alpha value is -2.36. The second-order valence-corrected chi connectivity index (χ2v) is 4.92. The van der Waals surface area contributed by atoms with Gasteiger partial charge in [0.2, 0.25) is 0 Å². The molecule has 0 unspecified atom stereocenters. The number of nitrogens with zero attached hydrogens (tertiary/aromatic N) is 1. The van der Waals surface area contributed by atoms with Crippen molar-refractivity contribution >= 4 is 27.7 Å². The minimum Gasteiger partial charge on any atom is -0.507 e. The number of nitrogens with one attached hydrogen (secondary N) is 1. The van der Waals surface area contributed by atoms with Crippen molar-refractivity contribution in [2.24, 2.45) is 0 Å². The topological polar surface area (TPSA) is 82.5 Å². The van der Waals surface area contributed by atoms with E-state index in [1.807, 2.05) is 0 Å². The Kier molecular flexibility index (Phi) is 4.93. The minimum atomic E-state index is -0.478. The summed E-state index contributed by atoms with van der Waals surface area (Å²) in [5.41, 5.74) is 0.755. The molecule has 1 heterocycles. The fourth-order valence-electron chi connectivity index (χ4n) is 1.59. The third-order valence-electron chi connectivity index (χ3n) is 2.52. The van der Waals surface area contributed by atoms with Gasteiger partial charge in [-0.25, -0.2) is 4.98 Å². The molecular formula is C15H11BrN2O3. The zero-order valence-corrected chi connectivity index (χ0v) is 12.4. The van der Waals surface area contributed by atoms with Gasteiger partial charge in [-0.1, -0.05) is 27.8 Å². The first-order valence-electron chi connectivity index (χ1n) is 5.96. The highest BCUT2D eigenvalue weighted by atomic mass is 79.9. The summed E-state index contributed by atoms with van der Waals surface area (Å²) in [6, 6.07) is 7.82. The van der Waals surface area contributed by atoms with Crippen LogP contribution in [0.2, 0.25) is 0 Å². The molecule has 1 aromatic heterocycles. The maximum absolute atomic E-state index is 12.1. The molecule has 2 aromatic rings. The molecule has 0 fully saturated rings. The van der Waals surface area contributed by atoms with E-state index in [2.05, 4.69) is 38.1 Å². The Labute approximate surface area is 129 Å². The van der Waals surface area contributed by atoms with Crippen molar-refractivity contribution in [2.45, 2.75) is 0 Å². The maximum atomic E-state index is 12.1. The number of rotatable bonds is 2. The van der Waals surface area contributed by atoms with Crippen molar-refractivity contribution in [3.05, 3.63) is 52.1 Å². The third kappa shape index (κ3) is 4.05. The van der Waals surface area contributed by atoms with Crippen LogP contribution < -0.4 is 5.32 Å². The number of phenolic OH excluding ortho intramolecular Hbond substituents is 1. The first-order valence-corrected chi connectivity index (χ1v) is 6.75. The van der Waals surface area contributed by atoms with E-state index in [4.69, 9.17) is 5.11 Å². The SMILES string of the molecule is O=C(Nc1cc(C#CCO)ccn1)c1cc(Br)ccc1O. The lowest BCUT2D eigenvalue weighted by atomic mass is 10.2. The molecule has 0 saturated heterocycles. The van der Waals surface area contributed by atoms with Crippen molar-refractivity contribution in [2.75, 3.05) is 11.9 Å². The van der Waals surface area contributed by atoms with E-state index in [9.17, 15) is 9.90 Å². The highest BCUT2D eigenvalue weighted by Gasteiger charge is 2.12. The number of hydrogen-bond acceptors (Lipinski definition) is 4. The summed E-state index contributed by atoms with van der Waals surface area (Å²) in [4.78, 5) is 16.1. The molecule has 3 N–H and O–H groups in total. The van der Waals surface area contributed by atoms with Crippen LogP contribution in [0, 0.1) is 11.8 Å². The van der Waals surface area contributed by atoms with E-state index < -0.39 is 5.91 Å². The van der Waals surface area contributed by atoms with Gasteiger partial charge >= 0.3 is 0 Å². The zero-order valence-electron chi connectivity index (χ0n) is 10.8. The monoisotopic (exact) mass is 346 g/mol. The summed E-state index contributed by atoms with van der Waals surface area (Å²) in [6.07, 6.45) is 1.50. The highest BCUT2D eigenvalue weighted by Crippen LogP contribution is 2.22. The van der Waals surface area contributed by atoms with Gasteiger partial charge in [0.15, 0.2) is 0 Å². The molecule has 0 spiro atoms. The van der Waals surface area contributed by atoms with Gasteiger partial charge in [0.1, 0.15) is 18.2 Å². The molecule has 0 aliphatic heterocycles. The number of benzene rings is 1. The molecule has 21 heavy (non-hydrogen) atoms. The molecule has 1 amide bonds. The van der Waals surface area contributed by atoms with E-state index in [0.717, 1.165) is 0 Å². The van der Waals surface area contributed by atoms with E-state index in [1.54, 1.807) is 18.2 Å². The summed E-state index contributed by atoms with van der Waals surface area (Å²) in [6.45, 7) is -0.240. The predicted molar refractivity (Wildman–Crippen MR) is 82.0 cm³/mol. The van der Waals surface area contributed by atoms with Crippen LogP contribution in [0.3, 0.4) is 0 Å². The van der Waals surface area contributed by atoms with Gasteiger partial charge in [-0.15, -0.1) is 0 Å². The van der Waals surface area contributed by atoms with Crippen LogP contribution in [0.15, 0.2) is 41.0 Å². The number of halogens is 1. The van der Waals surface area contributed by atoms with E-state index in [1.165, 1.54) is 18.3 Å². The smallest absolute Gasteiger partial charge is 0.260 e. The lowest BCUT2D eigenvalue weighted by molar-refractivity contribution is 0.102. The van der Waals surface area contributed by atoms with Gasteiger partial charge in [0.05, 0.1) is 5.56 Å². The lowest BCUT2D eigenvalue weighted by Gasteiger charge is -2.07. The molecule has 1 aromatic carbocycles. The standard InChI is InChI=1S/C15H11BrN2O3/c16-11-3-4-13(20)12(9-11)15(21)18-14-8-10(2-1-7-19)5-6-17-14/h3-6,8-9,19-20H,7H2,(H,17,18,21). The predicted octanol–water partition coefficient (Wildman–Crippen LogP) is 2.15. The van der Waals surface area contributed by atoms with Crippen molar-refractivity contribution in [3.63, 3.8) is 0 Å². The molecule has 5 nitrogen and oxygen atoms in total. The maximum Gasteiger partial charge on any atom is 0.260 e. The van der Waals surface area contributed by atoms with Crippen LogP contribution in [0.25, 0.3) is 0 Å². The van der Waals surface area contributed by atoms with Gasteiger partial charge in [-0.05, 0) is 30.3 Å². The van der Waals surface area contributed by atoms with Crippen LogP contribution in [-0.2, 0) is 0 Å². The first-order chi connectivity index (χ1) is 10.1. The number of phenols is 1. The molecule has 0 aliphatic carbocycles. The van der Waals surface area contributed by atoms with E-state index >= 15 is 0 Å². The number of anilines is 1. The Morgan fingerprint density at radius 1 is 1.33 bits per heavy atom. The lowest BCUT2D eigenvalue weighted by Crippen LogP contribution is -2.13. The Balaban J connectivity index is 2.21. The van der Waals surface area contributed by atoms with E-state index in [0.29, 0.717) is 15.9 Å². The number of pyridine rings is 1. The van der Waals surface area contributed by atoms with Crippen LogP contribution in [-0.4, -0.2) is 27.7 Å². The van der Waals surface area contributed by atoms with Crippen molar-refractivity contribution in [1.29, 1.82) is 0 Å². The quantitative estimate of drug-likeness (QED) is 0.727. The summed E-state index contributed by atoms with van der Waals surface area (Å²) in [5, 5.41) is 20.9. The van der Waals surface area contributed by atoms with Crippen molar-refractivity contribution in [3.8, 4) is 17.6 Å².